The summed E-state index contributed by atoms with van der Waals surface area (Å²) < 4.78 is 0. The number of hydrogen-bond donors (Lipinski definition) is 1. The monoisotopic (exact) mass is 177 g/mol. The molecule has 0 amide bonds. The molecule has 1 nitrogen and oxygen atoms in total. The van der Waals surface area contributed by atoms with Crippen LogP contribution in [0.1, 0.15) is 19.3 Å². The van der Waals surface area contributed by atoms with Crippen molar-refractivity contribution in [2.24, 2.45) is 17.6 Å². The molecule has 3 atom stereocenters. The highest BCUT2D eigenvalue weighted by molar-refractivity contribution is 5.13. The van der Waals surface area contributed by atoms with Crippen molar-refractivity contribution in [3.05, 3.63) is 38.0 Å². The van der Waals surface area contributed by atoms with Gasteiger partial charge >= 0.3 is 0 Å². The minimum absolute atomic E-state index is 0.235. The third-order valence-electron chi connectivity index (χ3n) is 3.19. The fraction of sp³-hybridized carbons (Fsp3) is 0.500. The second kappa shape index (κ2) is 3.93. The zero-order chi connectivity index (χ0) is 9.90. The lowest BCUT2D eigenvalue weighted by Gasteiger charge is -2.40. The van der Waals surface area contributed by atoms with Crippen LogP contribution in [0.15, 0.2) is 38.0 Å². The smallest absolute Gasteiger partial charge is 0.0400 e. The number of hydrogen-bond acceptors (Lipinski definition) is 1. The van der Waals surface area contributed by atoms with Crippen molar-refractivity contribution in [1.29, 1.82) is 0 Å². The average Bonchev–Trinajstić information content (AvgIpc) is 2.18. The molecule has 0 saturated heterocycles. The van der Waals surface area contributed by atoms with Gasteiger partial charge in [-0.3, -0.25) is 0 Å². The Bertz CT molecular complexity index is 219. The van der Waals surface area contributed by atoms with E-state index in [1.807, 2.05) is 18.2 Å². The molecule has 0 aromatic carbocycles. The van der Waals surface area contributed by atoms with E-state index < -0.39 is 0 Å². The van der Waals surface area contributed by atoms with Crippen LogP contribution in [0, 0.1) is 11.8 Å². The third kappa shape index (κ3) is 1.92. The Morgan fingerprint density at radius 3 is 2.38 bits per heavy atom. The molecule has 1 aliphatic carbocycles. The van der Waals surface area contributed by atoms with Gasteiger partial charge in [0.15, 0.2) is 0 Å². The lowest BCUT2D eigenvalue weighted by molar-refractivity contribution is 0.246. The van der Waals surface area contributed by atoms with Crippen molar-refractivity contribution in [2.75, 3.05) is 0 Å². The highest BCUT2D eigenvalue weighted by atomic mass is 14.8. The molecular formula is C12H19N. The van der Waals surface area contributed by atoms with Crippen LogP contribution in [0.5, 0.6) is 0 Å². The summed E-state index contributed by atoms with van der Waals surface area (Å²) in [6.45, 7) is 11.5. The van der Waals surface area contributed by atoms with Crippen LogP contribution in [0.2, 0.25) is 0 Å². The summed E-state index contributed by atoms with van der Waals surface area (Å²) >= 11 is 0. The van der Waals surface area contributed by atoms with Crippen LogP contribution in [0.3, 0.4) is 0 Å². The maximum atomic E-state index is 6.21. The highest BCUT2D eigenvalue weighted by Gasteiger charge is 2.35. The van der Waals surface area contributed by atoms with Crippen molar-refractivity contribution in [3.63, 3.8) is 0 Å². The molecule has 1 aliphatic rings. The molecule has 0 bridgehead atoms. The maximum absolute atomic E-state index is 6.21. The largest absolute Gasteiger partial charge is 0.321 e. The van der Waals surface area contributed by atoms with E-state index in [0.29, 0.717) is 11.8 Å². The summed E-state index contributed by atoms with van der Waals surface area (Å²) in [6, 6.07) is 0. The highest BCUT2D eigenvalue weighted by Crippen LogP contribution is 2.37. The molecular weight excluding hydrogens is 158 g/mol. The van der Waals surface area contributed by atoms with E-state index in [9.17, 15) is 0 Å². The maximum Gasteiger partial charge on any atom is 0.0400 e. The molecule has 1 fully saturated rings. The van der Waals surface area contributed by atoms with Crippen molar-refractivity contribution < 1.29 is 0 Å². The molecule has 0 aromatic heterocycles. The minimum atomic E-state index is -0.235. The van der Waals surface area contributed by atoms with Crippen molar-refractivity contribution in [3.8, 4) is 0 Å². The molecule has 0 aromatic rings. The molecule has 1 rings (SSSR count). The van der Waals surface area contributed by atoms with Gasteiger partial charge in [0, 0.05) is 5.54 Å². The second-order valence-corrected chi connectivity index (χ2v) is 3.93. The van der Waals surface area contributed by atoms with E-state index in [0.717, 1.165) is 19.3 Å². The van der Waals surface area contributed by atoms with Crippen molar-refractivity contribution >= 4 is 0 Å². The van der Waals surface area contributed by atoms with Crippen LogP contribution in [0.4, 0.5) is 0 Å². The lowest BCUT2D eigenvalue weighted by Crippen LogP contribution is -2.48. The first-order valence-corrected chi connectivity index (χ1v) is 4.84. The van der Waals surface area contributed by atoms with Crippen LogP contribution >= 0.6 is 0 Å². The lowest BCUT2D eigenvalue weighted by atomic mass is 9.69. The van der Waals surface area contributed by atoms with Crippen LogP contribution in [-0.4, -0.2) is 5.54 Å². The van der Waals surface area contributed by atoms with Crippen LogP contribution in [0.25, 0.3) is 0 Å². The predicted octanol–water partition coefficient (Wildman–Crippen LogP) is 2.66. The van der Waals surface area contributed by atoms with Gasteiger partial charge in [-0.1, -0.05) is 18.2 Å². The van der Waals surface area contributed by atoms with E-state index in [4.69, 9.17) is 5.73 Å². The number of allylic oxidation sites excluding steroid dienone is 1. The first-order chi connectivity index (χ1) is 6.16. The normalized spacial score (nSPS) is 39.5. The molecule has 0 aliphatic heterocycles. The van der Waals surface area contributed by atoms with Gasteiger partial charge in [0.2, 0.25) is 0 Å². The molecule has 72 valence electrons. The standard InChI is InChI=1S/C12H19N/c1-4-10-7-8-12(13,6-3)11(5-2)9-10/h4-6,10-11H,1-3,7-9,13H2. The first-order valence-electron chi connectivity index (χ1n) is 4.84. The Hall–Kier alpha value is -0.820. The number of nitrogens with two attached hydrogens (primary N) is 1. The Kier molecular flexibility index (Phi) is 3.10. The van der Waals surface area contributed by atoms with Gasteiger partial charge < -0.3 is 5.73 Å². The van der Waals surface area contributed by atoms with E-state index in [2.05, 4.69) is 19.7 Å². The van der Waals surface area contributed by atoms with Gasteiger partial charge in [0.1, 0.15) is 0 Å². The van der Waals surface area contributed by atoms with Gasteiger partial charge in [-0.15, -0.1) is 19.7 Å². The van der Waals surface area contributed by atoms with Gasteiger partial charge in [0.05, 0.1) is 0 Å². The quantitative estimate of drug-likeness (QED) is 0.659. The minimum Gasteiger partial charge on any atom is -0.321 e. The zero-order valence-electron chi connectivity index (χ0n) is 8.21. The fourth-order valence-corrected chi connectivity index (χ4v) is 2.07. The van der Waals surface area contributed by atoms with Crippen LogP contribution in [-0.2, 0) is 0 Å². The average molecular weight is 177 g/mol. The second-order valence-electron chi connectivity index (χ2n) is 3.93. The Morgan fingerprint density at radius 2 is 1.92 bits per heavy atom. The molecule has 1 saturated carbocycles. The van der Waals surface area contributed by atoms with Crippen molar-refractivity contribution in [1.82, 2.24) is 0 Å². The SMILES string of the molecule is C=CC1CCC(N)(C=C)C(C=C)C1. The summed E-state index contributed by atoms with van der Waals surface area (Å²) in [5.74, 6) is 0.946. The summed E-state index contributed by atoms with van der Waals surface area (Å²) in [6.07, 6.45) is 9.03. The predicted molar refractivity (Wildman–Crippen MR) is 58.3 cm³/mol. The fourth-order valence-electron chi connectivity index (χ4n) is 2.07. The Morgan fingerprint density at radius 1 is 1.23 bits per heavy atom. The molecule has 0 heterocycles. The molecule has 0 radical (unpaired) electrons. The molecule has 2 N–H and O–H groups in total. The van der Waals surface area contributed by atoms with E-state index in [-0.39, 0.29) is 5.54 Å². The molecule has 3 unspecified atom stereocenters. The van der Waals surface area contributed by atoms with E-state index in [1.165, 1.54) is 0 Å². The van der Waals surface area contributed by atoms with E-state index >= 15 is 0 Å². The van der Waals surface area contributed by atoms with Gasteiger partial charge in [-0.25, -0.2) is 0 Å². The van der Waals surface area contributed by atoms with Gasteiger partial charge in [-0.2, -0.15) is 0 Å². The summed E-state index contributed by atoms with van der Waals surface area (Å²) in [5.41, 5.74) is 5.97. The first kappa shape index (κ1) is 10.3. The third-order valence-corrected chi connectivity index (χ3v) is 3.19. The van der Waals surface area contributed by atoms with Crippen LogP contribution < -0.4 is 5.73 Å². The Balaban J connectivity index is 2.76. The molecule has 1 heteroatoms. The summed E-state index contributed by atoms with van der Waals surface area (Å²) in [4.78, 5) is 0. The Labute approximate surface area is 81.0 Å². The summed E-state index contributed by atoms with van der Waals surface area (Å²) in [5, 5.41) is 0. The number of rotatable bonds is 3. The topological polar surface area (TPSA) is 26.0 Å². The zero-order valence-corrected chi connectivity index (χ0v) is 8.21. The van der Waals surface area contributed by atoms with E-state index in [1.54, 1.807) is 0 Å². The van der Waals surface area contributed by atoms with Crippen molar-refractivity contribution in [2.45, 2.75) is 24.8 Å². The van der Waals surface area contributed by atoms with Gasteiger partial charge in [-0.05, 0) is 31.1 Å². The molecule has 13 heavy (non-hydrogen) atoms. The molecule has 0 spiro atoms. The summed E-state index contributed by atoms with van der Waals surface area (Å²) in [7, 11) is 0. The van der Waals surface area contributed by atoms with Gasteiger partial charge in [0.25, 0.3) is 0 Å².